The predicted octanol–water partition coefficient (Wildman–Crippen LogP) is 2.78. The summed E-state index contributed by atoms with van der Waals surface area (Å²) in [6, 6.07) is 6.29. The van der Waals surface area contributed by atoms with Crippen LogP contribution in [0.3, 0.4) is 0 Å². The molecule has 1 aromatic heterocycles. The number of anilines is 1. The molecule has 1 heterocycles. The van der Waals surface area contributed by atoms with Crippen molar-refractivity contribution in [2.24, 2.45) is 0 Å². The lowest BCUT2D eigenvalue weighted by Gasteiger charge is -2.06. The lowest BCUT2D eigenvalue weighted by molar-refractivity contribution is -0.135. The molecule has 0 radical (unpaired) electrons. The van der Waals surface area contributed by atoms with Gasteiger partial charge in [0.15, 0.2) is 0 Å². The zero-order chi connectivity index (χ0) is 12.6. The van der Waals surface area contributed by atoms with E-state index in [1.54, 1.807) is 6.20 Å². The van der Waals surface area contributed by atoms with Gasteiger partial charge in [-0.2, -0.15) is 0 Å². The average molecular weight is 265 g/mol. The third-order valence-electron chi connectivity index (χ3n) is 1.29. The number of halogens is 2. The van der Waals surface area contributed by atoms with E-state index >= 15 is 0 Å². The number of aromatic nitrogens is 1. The van der Waals surface area contributed by atoms with Crippen LogP contribution in [0.4, 0.5) is 5.82 Å². The number of hydrogen-bond donors (Lipinski definition) is 2. The minimum atomic E-state index is -1.29. The van der Waals surface area contributed by atoms with Crippen LogP contribution in [-0.4, -0.2) is 26.9 Å². The zero-order valence-electron chi connectivity index (χ0n) is 9.02. The molecule has 16 heavy (non-hydrogen) atoms. The Hall–Kier alpha value is -1.000. The molecule has 0 aliphatic carbocycles. The van der Waals surface area contributed by atoms with Gasteiger partial charge in [-0.1, -0.05) is 29.3 Å². The highest BCUT2D eigenvalue weighted by molar-refractivity contribution is 6.52. The minimum Gasteiger partial charge on any atom is -0.479 e. The summed E-state index contributed by atoms with van der Waals surface area (Å²) in [5.74, 6) is -0.268. The molecule has 0 unspecified atom stereocenters. The topological polar surface area (TPSA) is 62.2 Å². The fraction of sp³-hybridized carbons (Fsp3) is 0.400. The molecular weight excluding hydrogens is 251 g/mol. The Morgan fingerprint density at radius 1 is 1.44 bits per heavy atom. The normalized spacial score (nSPS) is 9.62. The maximum absolute atomic E-state index is 9.44. The van der Waals surface area contributed by atoms with E-state index in [1.807, 2.05) is 18.2 Å². The number of carboxylic acid groups (broad SMARTS) is 1. The smallest absolute Gasteiger partial charge is 0.337 e. The van der Waals surface area contributed by atoms with E-state index in [0.717, 1.165) is 5.82 Å². The van der Waals surface area contributed by atoms with E-state index in [-0.39, 0.29) is 0 Å². The van der Waals surface area contributed by atoms with Crippen molar-refractivity contribution in [3.63, 3.8) is 0 Å². The molecule has 0 saturated carbocycles. The van der Waals surface area contributed by atoms with Crippen molar-refractivity contribution < 1.29 is 9.90 Å². The number of alkyl halides is 2. The molecule has 0 bridgehead atoms. The first-order valence-corrected chi connectivity index (χ1v) is 5.49. The molecule has 0 aromatic carbocycles. The number of carboxylic acids is 1. The van der Waals surface area contributed by atoms with E-state index in [1.165, 1.54) is 0 Å². The van der Waals surface area contributed by atoms with Crippen molar-refractivity contribution >= 4 is 35.0 Å². The quantitative estimate of drug-likeness (QED) is 0.825. The molecule has 0 aliphatic heterocycles. The van der Waals surface area contributed by atoms with Gasteiger partial charge in [0.25, 0.3) is 0 Å². The molecule has 0 spiro atoms. The Balaban J connectivity index is 0.000000325. The molecule has 6 heteroatoms. The number of rotatable bonds is 3. The van der Waals surface area contributed by atoms with E-state index in [2.05, 4.69) is 24.1 Å². The van der Waals surface area contributed by atoms with Crippen molar-refractivity contribution in [2.45, 2.75) is 24.7 Å². The number of nitrogens with one attached hydrogen (secondary N) is 1. The molecular formula is C10H14Cl2N2O2. The number of aliphatic carboxylic acids is 1. The molecule has 2 N–H and O–H groups in total. The van der Waals surface area contributed by atoms with Gasteiger partial charge < -0.3 is 10.4 Å². The second-order valence-electron chi connectivity index (χ2n) is 3.15. The van der Waals surface area contributed by atoms with Crippen molar-refractivity contribution in [1.82, 2.24) is 4.98 Å². The summed E-state index contributed by atoms with van der Waals surface area (Å²) < 4.78 is 0. The standard InChI is InChI=1S/C8H12N2.C2H2Cl2O2/c1-7(2)10-8-5-3-4-6-9-8;3-1(4)2(5)6/h3-7H,1-2H3,(H,9,10);1H,(H,5,6). The van der Waals surface area contributed by atoms with E-state index < -0.39 is 10.8 Å². The SMILES string of the molecule is CC(C)Nc1ccccn1.O=C(O)C(Cl)Cl. The monoisotopic (exact) mass is 264 g/mol. The molecule has 0 atom stereocenters. The molecule has 0 fully saturated rings. The van der Waals surface area contributed by atoms with Crippen LogP contribution in [0.2, 0.25) is 0 Å². The minimum absolute atomic E-state index is 0.454. The Kier molecular flexibility index (Phi) is 7.68. The Labute approximate surface area is 105 Å². The van der Waals surface area contributed by atoms with Gasteiger partial charge in [0.1, 0.15) is 5.82 Å². The van der Waals surface area contributed by atoms with Gasteiger partial charge in [-0.3, -0.25) is 0 Å². The first kappa shape index (κ1) is 15.0. The van der Waals surface area contributed by atoms with Crippen LogP contribution in [0.25, 0.3) is 0 Å². The third kappa shape index (κ3) is 8.32. The summed E-state index contributed by atoms with van der Waals surface area (Å²) in [6.45, 7) is 4.18. The van der Waals surface area contributed by atoms with Crippen molar-refractivity contribution in [1.29, 1.82) is 0 Å². The van der Waals surface area contributed by atoms with Gasteiger partial charge in [0.05, 0.1) is 0 Å². The lowest BCUT2D eigenvalue weighted by atomic mass is 10.4. The maximum atomic E-state index is 9.44. The molecule has 0 saturated heterocycles. The molecule has 90 valence electrons. The van der Waals surface area contributed by atoms with Gasteiger partial charge in [-0.05, 0) is 26.0 Å². The average Bonchev–Trinajstić information content (AvgIpc) is 2.19. The third-order valence-corrected chi connectivity index (χ3v) is 1.66. The number of nitrogens with zero attached hydrogens (tertiary/aromatic N) is 1. The second kappa shape index (κ2) is 8.19. The summed E-state index contributed by atoms with van der Waals surface area (Å²) in [5.41, 5.74) is 0. The highest BCUT2D eigenvalue weighted by atomic mass is 35.5. The van der Waals surface area contributed by atoms with E-state index in [0.29, 0.717) is 6.04 Å². The van der Waals surface area contributed by atoms with E-state index in [4.69, 9.17) is 28.3 Å². The summed E-state index contributed by atoms with van der Waals surface area (Å²) in [5, 5.41) is 10.9. The van der Waals surface area contributed by atoms with Crippen molar-refractivity contribution in [2.75, 3.05) is 5.32 Å². The van der Waals surface area contributed by atoms with E-state index in [9.17, 15) is 4.79 Å². The van der Waals surface area contributed by atoms with Crippen molar-refractivity contribution in [3.05, 3.63) is 24.4 Å². The first-order chi connectivity index (χ1) is 7.43. The predicted molar refractivity (Wildman–Crippen MR) is 66.1 cm³/mol. The van der Waals surface area contributed by atoms with Gasteiger partial charge >= 0.3 is 5.97 Å². The molecule has 0 amide bonds. The molecule has 1 aromatic rings. The zero-order valence-corrected chi connectivity index (χ0v) is 10.5. The summed E-state index contributed by atoms with van der Waals surface area (Å²) in [7, 11) is 0. The van der Waals surface area contributed by atoms with Crippen LogP contribution in [0, 0.1) is 0 Å². The van der Waals surface area contributed by atoms with Crippen LogP contribution in [0.15, 0.2) is 24.4 Å². The fourth-order valence-electron chi connectivity index (χ4n) is 0.744. The Bertz CT molecular complexity index is 305. The van der Waals surface area contributed by atoms with Gasteiger partial charge in [0, 0.05) is 12.2 Å². The molecule has 4 nitrogen and oxygen atoms in total. The Morgan fingerprint density at radius 2 is 2.00 bits per heavy atom. The van der Waals surface area contributed by atoms with Crippen LogP contribution in [0.5, 0.6) is 0 Å². The van der Waals surface area contributed by atoms with Crippen LogP contribution >= 0.6 is 23.2 Å². The first-order valence-electron chi connectivity index (χ1n) is 4.62. The van der Waals surface area contributed by atoms with Gasteiger partial charge in [0.2, 0.25) is 4.84 Å². The van der Waals surface area contributed by atoms with Crippen LogP contribution in [-0.2, 0) is 4.79 Å². The highest BCUT2D eigenvalue weighted by Gasteiger charge is 2.05. The largest absolute Gasteiger partial charge is 0.479 e. The maximum Gasteiger partial charge on any atom is 0.337 e. The number of hydrogen-bond acceptors (Lipinski definition) is 3. The summed E-state index contributed by atoms with van der Waals surface area (Å²) in [4.78, 5) is 12.3. The Morgan fingerprint density at radius 3 is 2.31 bits per heavy atom. The fourth-order valence-corrected chi connectivity index (χ4v) is 0.744. The van der Waals surface area contributed by atoms with Crippen molar-refractivity contribution in [3.8, 4) is 0 Å². The molecule has 1 rings (SSSR count). The van der Waals surface area contributed by atoms with Gasteiger partial charge in [-0.15, -0.1) is 0 Å². The highest BCUT2D eigenvalue weighted by Crippen LogP contribution is 2.00. The summed E-state index contributed by atoms with van der Waals surface area (Å²) in [6.07, 6.45) is 1.78. The number of pyridine rings is 1. The summed E-state index contributed by atoms with van der Waals surface area (Å²) >= 11 is 9.56. The van der Waals surface area contributed by atoms with Gasteiger partial charge in [-0.25, -0.2) is 9.78 Å². The lowest BCUT2D eigenvalue weighted by Crippen LogP contribution is -2.10. The van der Waals surface area contributed by atoms with Crippen LogP contribution < -0.4 is 5.32 Å². The number of carbonyl (C=O) groups is 1. The molecule has 0 aliphatic rings. The second-order valence-corrected chi connectivity index (χ2v) is 4.25. The van der Waals surface area contributed by atoms with Crippen LogP contribution in [0.1, 0.15) is 13.8 Å².